The number of aromatic nitrogens is 1. The summed E-state index contributed by atoms with van der Waals surface area (Å²) in [6.07, 6.45) is 0. The summed E-state index contributed by atoms with van der Waals surface area (Å²) in [5, 5.41) is 10.0. The Morgan fingerprint density at radius 2 is 1.88 bits per heavy atom. The Hall–Kier alpha value is -1.63. The molecular formula is C12H9Cl2N3. The van der Waals surface area contributed by atoms with Crippen LogP contribution in [0, 0.1) is 11.3 Å². The molecule has 0 saturated heterocycles. The maximum atomic E-state index is 8.97. The fourth-order valence-corrected chi connectivity index (χ4v) is 1.90. The lowest BCUT2D eigenvalue weighted by Gasteiger charge is -2.07. The van der Waals surface area contributed by atoms with Gasteiger partial charge in [0.25, 0.3) is 0 Å². The average Bonchev–Trinajstić information content (AvgIpc) is 2.59. The first-order chi connectivity index (χ1) is 8.11. The van der Waals surface area contributed by atoms with Crippen LogP contribution in [0.4, 0.5) is 5.69 Å². The topological polar surface area (TPSA) is 54.7 Å². The van der Waals surface area contributed by atoms with Crippen LogP contribution in [0.1, 0.15) is 11.3 Å². The molecule has 1 aromatic heterocycles. The highest BCUT2D eigenvalue weighted by Gasteiger charge is 2.11. The maximum Gasteiger partial charge on any atom is 0.133 e. The Morgan fingerprint density at radius 3 is 2.47 bits per heavy atom. The summed E-state index contributed by atoms with van der Waals surface area (Å²) in [4.78, 5) is 0. The molecule has 0 aliphatic rings. The average molecular weight is 266 g/mol. The molecule has 0 radical (unpaired) electrons. The van der Waals surface area contributed by atoms with E-state index < -0.39 is 0 Å². The number of rotatable bonds is 2. The van der Waals surface area contributed by atoms with Crippen molar-refractivity contribution in [1.29, 1.82) is 5.26 Å². The summed E-state index contributed by atoms with van der Waals surface area (Å²) in [6.45, 7) is 0.496. The number of nitriles is 1. The molecule has 86 valence electrons. The first-order valence-corrected chi connectivity index (χ1v) is 5.66. The second-order valence-corrected chi connectivity index (χ2v) is 4.39. The molecule has 0 amide bonds. The molecule has 0 spiro atoms. The van der Waals surface area contributed by atoms with Crippen molar-refractivity contribution >= 4 is 28.9 Å². The normalized spacial score (nSPS) is 10.2. The minimum absolute atomic E-state index is 0.386. The van der Waals surface area contributed by atoms with Gasteiger partial charge in [0.1, 0.15) is 16.9 Å². The fourth-order valence-electron chi connectivity index (χ4n) is 1.57. The molecule has 1 heterocycles. The molecule has 1 aromatic carbocycles. The Labute approximate surface area is 109 Å². The van der Waals surface area contributed by atoms with Crippen LogP contribution in [0.3, 0.4) is 0 Å². The molecule has 3 nitrogen and oxygen atoms in total. The minimum Gasteiger partial charge on any atom is -0.396 e. The SMILES string of the molecule is N#Cc1cc(N)c(Cl)n1Cc1ccc(Cl)cc1. The molecule has 0 bridgehead atoms. The van der Waals surface area contributed by atoms with Crippen LogP contribution in [0.15, 0.2) is 30.3 Å². The summed E-state index contributed by atoms with van der Waals surface area (Å²) in [5.41, 5.74) is 7.53. The van der Waals surface area contributed by atoms with E-state index in [0.717, 1.165) is 5.56 Å². The van der Waals surface area contributed by atoms with Crippen LogP contribution in [-0.4, -0.2) is 4.57 Å². The van der Waals surface area contributed by atoms with Crippen LogP contribution in [0.25, 0.3) is 0 Å². The lowest BCUT2D eigenvalue weighted by molar-refractivity contribution is 0.795. The first kappa shape index (κ1) is 11.8. The molecule has 2 aromatic rings. The van der Waals surface area contributed by atoms with Crippen LogP contribution in [0.5, 0.6) is 0 Å². The Morgan fingerprint density at radius 1 is 1.24 bits per heavy atom. The van der Waals surface area contributed by atoms with Crippen molar-refractivity contribution in [1.82, 2.24) is 4.57 Å². The molecule has 0 aliphatic carbocycles. The Balaban J connectivity index is 2.36. The number of hydrogen-bond donors (Lipinski definition) is 1. The summed E-state index contributed by atoms with van der Waals surface area (Å²) in [5.74, 6) is 0. The zero-order valence-corrected chi connectivity index (χ0v) is 10.3. The third kappa shape index (κ3) is 2.38. The second-order valence-electron chi connectivity index (χ2n) is 3.60. The van der Waals surface area contributed by atoms with Gasteiger partial charge in [0, 0.05) is 11.6 Å². The summed E-state index contributed by atoms with van der Waals surface area (Å²) < 4.78 is 1.67. The molecule has 17 heavy (non-hydrogen) atoms. The van der Waals surface area contributed by atoms with Crippen molar-refractivity contribution in [2.24, 2.45) is 0 Å². The van der Waals surface area contributed by atoms with E-state index in [4.69, 9.17) is 34.2 Å². The van der Waals surface area contributed by atoms with Gasteiger partial charge >= 0.3 is 0 Å². The molecule has 0 unspecified atom stereocenters. The monoisotopic (exact) mass is 265 g/mol. The molecule has 0 atom stereocenters. The highest BCUT2D eigenvalue weighted by atomic mass is 35.5. The quantitative estimate of drug-likeness (QED) is 0.906. The van der Waals surface area contributed by atoms with Crippen molar-refractivity contribution < 1.29 is 0 Å². The summed E-state index contributed by atoms with van der Waals surface area (Å²) in [6, 6.07) is 11.0. The predicted octanol–water partition coefficient (Wildman–Crippen LogP) is 3.30. The molecule has 0 aliphatic heterocycles. The fraction of sp³-hybridized carbons (Fsp3) is 0.0833. The van der Waals surface area contributed by atoms with Gasteiger partial charge in [-0.1, -0.05) is 35.3 Å². The Kier molecular flexibility index (Phi) is 3.28. The van der Waals surface area contributed by atoms with Crippen LogP contribution < -0.4 is 5.73 Å². The number of nitrogens with zero attached hydrogens (tertiary/aromatic N) is 2. The Bertz CT molecular complexity index is 579. The first-order valence-electron chi connectivity index (χ1n) is 4.91. The molecule has 0 fully saturated rings. The van der Waals surface area contributed by atoms with Gasteiger partial charge in [0.2, 0.25) is 0 Å². The summed E-state index contributed by atoms with van der Waals surface area (Å²) >= 11 is 11.8. The maximum absolute atomic E-state index is 8.97. The van der Waals surface area contributed by atoms with Crippen molar-refractivity contribution in [3.05, 3.63) is 51.8 Å². The molecule has 2 N–H and O–H groups in total. The molecular weight excluding hydrogens is 257 g/mol. The van der Waals surface area contributed by atoms with Gasteiger partial charge < -0.3 is 10.3 Å². The number of benzene rings is 1. The molecule has 2 rings (SSSR count). The number of anilines is 1. The van der Waals surface area contributed by atoms with Crippen LogP contribution in [-0.2, 0) is 6.54 Å². The number of nitrogens with two attached hydrogens (primary N) is 1. The van der Waals surface area contributed by atoms with Gasteiger partial charge in [0.05, 0.1) is 5.69 Å². The van der Waals surface area contributed by atoms with Gasteiger partial charge in [-0.25, -0.2) is 0 Å². The van der Waals surface area contributed by atoms with Crippen LogP contribution in [0.2, 0.25) is 10.2 Å². The van der Waals surface area contributed by atoms with Gasteiger partial charge in [-0.3, -0.25) is 0 Å². The number of nitrogen functional groups attached to an aromatic ring is 1. The zero-order valence-electron chi connectivity index (χ0n) is 8.82. The standard InChI is InChI=1S/C12H9Cl2N3/c13-9-3-1-8(2-4-9)7-17-10(6-15)5-11(16)12(17)14/h1-5H,7,16H2. The summed E-state index contributed by atoms with van der Waals surface area (Å²) in [7, 11) is 0. The van der Waals surface area contributed by atoms with Gasteiger partial charge in [-0.05, 0) is 23.8 Å². The smallest absolute Gasteiger partial charge is 0.133 e. The molecule has 0 saturated carbocycles. The van der Waals surface area contributed by atoms with E-state index in [1.807, 2.05) is 12.1 Å². The van der Waals surface area contributed by atoms with Crippen molar-refractivity contribution in [3.63, 3.8) is 0 Å². The molecule has 5 heteroatoms. The van der Waals surface area contributed by atoms with E-state index in [2.05, 4.69) is 6.07 Å². The number of halogens is 2. The van der Waals surface area contributed by atoms with Crippen molar-refractivity contribution in [2.45, 2.75) is 6.54 Å². The zero-order chi connectivity index (χ0) is 12.4. The van der Waals surface area contributed by atoms with Crippen LogP contribution >= 0.6 is 23.2 Å². The van der Waals surface area contributed by atoms with Gasteiger partial charge in [0.15, 0.2) is 0 Å². The van der Waals surface area contributed by atoms with E-state index in [1.165, 1.54) is 0 Å². The van der Waals surface area contributed by atoms with Gasteiger partial charge in [-0.15, -0.1) is 0 Å². The van der Waals surface area contributed by atoms with E-state index in [-0.39, 0.29) is 0 Å². The van der Waals surface area contributed by atoms with E-state index in [1.54, 1.807) is 22.8 Å². The van der Waals surface area contributed by atoms with Crippen molar-refractivity contribution in [3.8, 4) is 6.07 Å². The largest absolute Gasteiger partial charge is 0.396 e. The minimum atomic E-state index is 0.386. The van der Waals surface area contributed by atoms with E-state index >= 15 is 0 Å². The van der Waals surface area contributed by atoms with Gasteiger partial charge in [-0.2, -0.15) is 5.26 Å². The van der Waals surface area contributed by atoms with Crippen molar-refractivity contribution in [2.75, 3.05) is 5.73 Å². The van der Waals surface area contributed by atoms with E-state index in [0.29, 0.717) is 28.1 Å². The highest BCUT2D eigenvalue weighted by Crippen LogP contribution is 2.24. The highest BCUT2D eigenvalue weighted by molar-refractivity contribution is 6.32. The lowest BCUT2D eigenvalue weighted by atomic mass is 10.2. The third-order valence-corrected chi connectivity index (χ3v) is 3.10. The number of hydrogen-bond acceptors (Lipinski definition) is 2. The predicted molar refractivity (Wildman–Crippen MR) is 69.1 cm³/mol. The van der Waals surface area contributed by atoms with E-state index in [9.17, 15) is 0 Å². The third-order valence-electron chi connectivity index (χ3n) is 2.43. The lowest BCUT2D eigenvalue weighted by Crippen LogP contribution is -2.02. The second kappa shape index (κ2) is 4.70.